The lowest BCUT2D eigenvalue weighted by atomic mass is 9.92. The lowest BCUT2D eigenvalue weighted by Gasteiger charge is -2.24. The van der Waals surface area contributed by atoms with Gasteiger partial charge in [0.2, 0.25) is 0 Å². The summed E-state index contributed by atoms with van der Waals surface area (Å²) in [5, 5.41) is 4.88. The van der Waals surface area contributed by atoms with E-state index in [1.165, 1.54) is 17.6 Å². The van der Waals surface area contributed by atoms with E-state index in [1.807, 2.05) is 6.07 Å². The smallest absolute Gasteiger partial charge is 0.380 e. The van der Waals surface area contributed by atoms with Crippen LogP contribution in [0.15, 0.2) is 36.1 Å². The fourth-order valence-electron chi connectivity index (χ4n) is 2.90. The first-order valence-electron chi connectivity index (χ1n) is 6.90. The molecule has 0 unspecified atom stereocenters. The van der Waals surface area contributed by atoms with Crippen molar-refractivity contribution in [3.8, 4) is 11.5 Å². The molecule has 1 aromatic rings. The van der Waals surface area contributed by atoms with Crippen LogP contribution in [0.3, 0.4) is 0 Å². The Kier molecular flexibility index (Phi) is 3.51. The van der Waals surface area contributed by atoms with Gasteiger partial charge in [-0.3, -0.25) is 0 Å². The lowest BCUT2D eigenvalue weighted by Crippen LogP contribution is -2.19. The molecule has 112 valence electrons. The van der Waals surface area contributed by atoms with E-state index in [1.54, 1.807) is 12.1 Å². The fraction of sp³-hybridized carbons (Fsp3) is 0.333. The highest BCUT2D eigenvalue weighted by Gasteiger charge is 2.25. The van der Waals surface area contributed by atoms with Crippen LogP contribution in [-0.4, -0.2) is 8.42 Å². The van der Waals surface area contributed by atoms with E-state index in [9.17, 15) is 8.42 Å². The molecule has 0 radical (unpaired) electrons. The highest BCUT2D eigenvalue weighted by Crippen LogP contribution is 2.44. The molecular weight excluding hydrogens is 290 g/mol. The van der Waals surface area contributed by atoms with Crippen LogP contribution in [0.2, 0.25) is 0 Å². The van der Waals surface area contributed by atoms with Gasteiger partial charge in [0, 0.05) is 11.6 Å². The normalized spacial score (nSPS) is 18.4. The monoisotopic (exact) mass is 307 g/mol. The maximum absolute atomic E-state index is 11.0. The second kappa shape index (κ2) is 5.20. The third kappa shape index (κ3) is 2.96. The van der Waals surface area contributed by atoms with Crippen LogP contribution in [0.25, 0.3) is 5.57 Å². The Morgan fingerprint density at radius 3 is 2.57 bits per heavy atom. The second-order valence-corrected chi connectivity index (χ2v) is 6.43. The molecule has 0 bridgehead atoms. The molecule has 2 N–H and O–H groups in total. The lowest BCUT2D eigenvalue weighted by molar-refractivity contribution is 0.423. The van der Waals surface area contributed by atoms with Gasteiger partial charge in [-0.15, -0.1) is 0 Å². The fourth-order valence-corrected chi connectivity index (χ4v) is 3.28. The van der Waals surface area contributed by atoms with Crippen molar-refractivity contribution < 1.29 is 17.3 Å². The summed E-state index contributed by atoms with van der Waals surface area (Å²) in [6.45, 7) is 3.98. The molecule has 0 saturated carbocycles. The van der Waals surface area contributed by atoms with Crippen molar-refractivity contribution in [2.45, 2.75) is 32.1 Å². The van der Waals surface area contributed by atoms with Crippen LogP contribution in [-0.2, 0) is 10.3 Å². The molecule has 0 fully saturated rings. The van der Waals surface area contributed by atoms with Crippen LogP contribution in [0.1, 0.15) is 37.7 Å². The molecule has 0 spiro atoms. The third-order valence-corrected chi connectivity index (χ3v) is 4.20. The Bertz CT molecular complexity index is 734. The molecule has 2 aliphatic rings. The zero-order valence-corrected chi connectivity index (χ0v) is 12.4. The molecule has 1 aromatic carbocycles. The summed E-state index contributed by atoms with van der Waals surface area (Å²) in [5.41, 5.74) is 3.42. The number of fused-ring (bicyclic) bond motifs is 2. The predicted molar refractivity (Wildman–Crippen MR) is 80.0 cm³/mol. The number of rotatable bonds is 2. The third-order valence-electron chi connectivity index (χ3n) is 3.78. The minimum absolute atomic E-state index is 0.140. The van der Waals surface area contributed by atoms with E-state index in [0.717, 1.165) is 31.2 Å². The van der Waals surface area contributed by atoms with E-state index < -0.39 is 10.3 Å². The van der Waals surface area contributed by atoms with E-state index >= 15 is 0 Å². The van der Waals surface area contributed by atoms with Gasteiger partial charge in [0.15, 0.2) is 0 Å². The van der Waals surface area contributed by atoms with Crippen LogP contribution in [0, 0.1) is 0 Å². The number of hydrogen-bond donors (Lipinski definition) is 1. The first-order valence-corrected chi connectivity index (χ1v) is 8.37. The standard InChI is InChI=1S/C15H17NO4S/c1-10-12-5-3-2-4-6-13(12)14-8-7-11(9-15(14)19-10)20-21(16,17)18/h7-9H,1-6H2,(H2,16,17,18). The van der Waals surface area contributed by atoms with Gasteiger partial charge in [-0.05, 0) is 49.0 Å². The van der Waals surface area contributed by atoms with Crippen LogP contribution < -0.4 is 14.1 Å². The number of nitrogens with two attached hydrogens (primary N) is 1. The van der Waals surface area contributed by atoms with Crippen molar-refractivity contribution in [1.82, 2.24) is 0 Å². The van der Waals surface area contributed by atoms with Gasteiger partial charge < -0.3 is 8.92 Å². The Balaban J connectivity index is 2.03. The van der Waals surface area contributed by atoms with Gasteiger partial charge in [0.1, 0.15) is 17.3 Å². The van der Waals surface area contributed by atoms with Gasteiger partial charge in [-0.25, -0.2) is 0 Å². The minimum atomic E-state index is -4.04. The molecule has 3 rings (SSSR count). The van der Waals surface area contributed by atoms with Gasteiger partial charge >= 0.3 is 10.3 Å². The summed E-state index contributed by atoms with van der Waals surface area (Å²) in [5.74, 6) is 1.36. The summed E-state index contributed by atoms with van der Waals surface area (Å²) in [6.07, 6.45) is 5.44. The second-order valence-electron chi connectivity index (χ2n) is 5.28. The van der Waals surface area contributed by atoms with Gasteiger partial charge in [-0.1, -0.05) is 13.0 Å². The van der Waals surface area contributed by atoms with Crippen LogP contribution >= 0.6 is 0 Å². The van der Waals surface area contributed by atoms with Crippen LogP contribution in [0.4, 0.5) is 0 Å². The Hall–Kier alpha value is -1.79. The van der Waals surface area contributed by atoms with Crippen molar-refractivity contribution in [3.05, 3.63) is 41.7 Å². The average molecular weight is 307 g/mol. The summed E-state index contributed by atoms with van der Waals surface area (Å²) < 4.78 is 32.4. The summed E-state index contributed by atoms with van der Waals surface area (Å²) >= 11 is 0. The maximum Gasteiger partial charge on any atom is 0.380 e. The molecule has 6 heteroatoms. The van der Waals surface area contributed by atoms with E-state index in [-0.39, 0.29) is 5.75 Å². The Morgan fingerprint density at radius 2 is 1.86 bits per heavy atom. The summed E-state index contributed by atoms with van der Waals surface area (Å²) in [6, 6.07) is 4.96. The van der Waals surface area contributed by atoms with Crippen molar-refractivity contribution in [3.63, 3.8) is 0 Å². The first-order chi connectivity index (χ1) is 9.94. The van der Waals surface area contributed by atoms with Gasteiger partial charge in [0.05, 0.1) is 0 Å². The van der Waals surface area contributed by atoms with Crippen molar-refractivity contribution >= 4 is 15.9 Å². The molecule has 5 nitrogen and oxygen atoms in total. The van der Waals surface area contributed by atoms with Crippen molar-refractivity contribution in [2.24, 2.45) is 5.14 Å². The molecule has 0 aromatic heterocycles. The van der Waals surface area contributed by atoms with Crippen LogP contribution in [0.5, 0.6) is 11.5 Å². The maximum atomic E-state index is 11.0. The molecule has 0 atom stereocenters. The predicted octanol–water partition coefficient (Wildman–Crippen LogP) is 2.89. The number of benzene rings is 1. The van der Waals surface area contributed by atoms with E-state index in [4.69, 9.17) is 9.88 Å². The first kappa shape index (κ1) is 14.2. The minimum Gasteiger partial charge on any atom is -0.457 e. The molecule has 1 aliphatic heterocycles. The number of ether oxygens (including phenoxy) is 1. The number of allylic oxidation sites excluding steroid dienone is 2. The molecular formula is C15H17NO4S. The summed E-state index contributed by atoms with van der Waals surface area (Å²) in [7, 11) is -4.04. The molecule has 1 aliphatic carbocycles. The average Bonchev–Trinajstić information content (AvgIpc) is 2.62. The topological polar surface area (TPSA) is 78.6 Å². The quantitative estimate of drug-likeness (QED) is 0.911. The largest absolute Gasteiger partial charge is 0.457 e. The number of hydrogen-bond acceptors (Lipinski definition) is 4. The highest BCUT2D eigenvalue weighted by atomic mass is 32.2. The van der Waals surface area contributed by atoms with E-state index in [0.29, 0.717) is 11.5 Å². The Labute approximate surface area is 124 Å². The zero-order chi connectivity index (χ0) is 15.0. The van der Waals surface area contributed by atoms with Crippen molar-refractivity contribution in [2.75, 3.05) is 0 Å². The Morgan fingerprint density at radius 1 is 1.14 bits per heavy atom. The summed E-state index contributed by atoms with van der Waals surface area (Å²) in [4.78, 5) is 0. The SMILES string of the molecule is C=C1Oc2cc(OS(N)(=O)=O)ccc2C2=C1CCCCC2. The molecule has 21 heavy (non-hydrogen) atoms. The highest BCUT2D eigenvalue weighted by molar-refractivity contribution is 7.84. The van der Waals surface area contributed by atoms with Crippen molar-refractivity contribution in [1.29, 1.82) is 0 Å². The zero-order valence-electron chi connectivity index (χ0n) is 11.6. The molecule has 0 saturated heterocycles. The van der Waals surface area contributed by atoms with Gasteiger partial charge in [-0.2, -0.15) is 13.6 Å². The van der Waals surface area contributed by atoms with E-state index in [2.05, 4.69) is 10.8 Å². The molecule has 0 amide bonds. The van der Waals surface area contributed by atoms with Gasteiger partial charge in [0.25, 0.3) is 0 Å². The molecule has 1 heterocycles.